The summed E-state index contributed by atoms with van der Waals surface area (Å²) in [5, 5.41) is 0. The summed E-state index contributed by atoms with van der Waals surface area (Å²) >= 11 is 0. The zero-order valence-electron chi connectivity index (χ0n) is 15.3. The second-order valence-corrected chi connectivity index (χ2v) is 9.11. The van der Waals surface area contributed by atoms with Crippen molar-refractivity contribution >= 4 is 21.8 Å². The van der Waals surface area contributed by atoms with E-state index >= 15 is 0 Å². The molecule has 0 saturated carbocycles. The molecule has 1 heterocycles. The predicted molar refractivity (Wildman–Crippen MR) is 97.3 cm³/mol. The highest BCUT2D eigenvalue weighted by Crippen LogP contribution is 2.24. The Hall–Kier alpha value is -1.60. The van der Waals surface area contributed by atoms with E-state index in [-0.39, 0.29) is 18.5 Å². The lowest BCUT2D eigenvalue weighted by Crippen LogP contribution is -2.35. The Morgan fingerprint density at radius 2 is 1.72 bits per heavy atom. The van der Waals surface area contributed by atoms with E-state index in [4.69, 9.17) is 8.92 Å². The summed E-state index contributed by atoms with van der Waals surface area (Å²) in [6.07, 6.45) is 2.83. The van der Waals surface area contributed by atoms with Crippen LogP contribution in [0.3, 0.4) is 0 Å². The van der Waals surface area contributed by atoms with E-state index in [1.165, 1.54) is 0 Å². The molecule has 1 aliphatic rings. The van der Waals surface area contributed by atoms with E-state index in [0.29, 0.717) is 5.56 Å². The molecular formula is C18H27NO5S. The summed E-state index contributed by atoms with van der Waals surface area (Å²) in [5.74, 6) is -0.0670. The average Bonchev–Trinajstić information content (AvgIpc) is 2.51. The molecule has 0 unspecified atom stereocenters. The van der Waals surface area contributed by atoms with Crippen molar-refractivity contribution in [2.75, 3.05) is 30.9 Å². The minimum atomic E-state index is -3.37. The lowest BCUT2D eigenvalue weighted by atomic mass is 9.97. The van der Waals surface area contributed by atoms with Crippen LogP contribution in [0.2, 0.25) is 0 Å². The summed E-state index contributed by atoms with van der Waals surface area (Å²) in [7, 11) is -3.37. The molecule has 1 fully saturated rings. The highest BCUT2D eigenvalue weighted by Gasteiger charge is 2.22. The molecule has 0 N–H and O–H groups in total. The second-order valence-electron chi connectivity index (χ2n) is 7.47. The van der Waals surface area contributed by atoms with Crippen molar-refractivity contribution in [3.8, 4) is 0 Å². The molecule has 140 valence electrons. The molecule has 25 heavy (non-hydrogen) atoms. The Labute approximate surface area is 150 Å². The van der Waals surface area contributed by atoms with Crippen LogP contribution in [0.4, 0.5) is 5.69 Å². The fourth-order valence-corrected chi connectivity index (χ4v) is 3.16. The number of carbonyl (C=O) groups is 1. The quantitative estimate of drug-likeness (QED) is 0.587. The number of ether oxygens (including phenoxy) is 1. The van der Waals surface area contributed by atoms with Gasteiger partial charge in [-0.25, -0.2) is 4.79 Å². The van der Waals surface area contributed by atoms with Crippen molar-refractivity contribution in [1.82, 2.24) is 0 Å². The van der Waals surface area contributed by atoms with Crippen molar-refractivity contribution < 1.29 is 22.1 Å². The Morgan fingerprint density at radius 3 is 2.20 bits per heavy atom. The van der Waals surface area contributed by atoms with Gasteiger partial charge in [0.15, 0.2) is 0 Å². The third kappa shape index (κ3) is 6.66. The number of esters is 1. The van der Waals surface area contributed by atoms with Crippen LogP contribution in [0.1, 0.15) is 44.0 Å². The first kappa shape index (κ1) is 19.7. The van der Waals surface area contributed by atoms with Gasteiger partial charge in [0.25, 0.3) is 10.1 Å². The summed E-state index contributed by atoms with van der Waals surface area (Å²) in [5.41, 5.74) is 1.08. The van der Waals surface area contributed by atoms with Crippen molar-refractivity contribution in [1.29, 1.82) is 0 Å². The van der Waals surface area contributed by atoms with Gasteiger partial charge in [0.1, 0.15) is 5.60 Å². The Bertz CT molecular complexity index is 683. The first-order valence-corrected chi connectivity index (χ1v) is 10.3. The highest BCUT2D eigenvalue weighted by atomic mass is 32.2. The number of hydrogen-bond acceptors (Lipinski definition) is 6. The first-order valence-electron chi connectivity index (χ1n) is 8.46. The second kappa shape index (κ2) is 7.74. The van der Waals surface area contributed by atoms with Crippen LogP contribution >= 0.6 is 0 Å². The number of rotatable bonds is 5. The molecular weight excluding hydrogens is 342 g/mol. The third-order valence-electron chi connectivity index (χ3n) is 4.00. The molecule has 7 heteroatoms. The number of hydrogen-bond donors (Lipinski definition) is 0. The molecule has 0 radical (unpaired) electrons. The fourth-order valence-electron chi connectivity index (χ4n) is 2.72. The summed E-state index contributed by atoms with van der Waals surface area (Å²) < 4.78 is 32.4. The van der Waals surface area contributed by atoms with E-state index < -0.39 is 15.7 Å². The molecule has 0 aliphatic carbocycles. The van der Waals surface area contributed by atoms with Gasteiger partial charge in [-0.2, -0.15) is 8.42 Å². The van der Waals surface area contributed by atoms with Crippen LogP contribution in [0, 0.1) is 5.92 Å². The number of carbonyl (C=O) groups excluding carboxylic acids is 1. The minimum Gasteiger partial charge on any atom is -0.456 e. The number of benzene rings is 1. The molecule has 0 atom stereocenters. The van der Waals surface area contributed by atoms with Crippen molar-refractivity contribution in [2.45, 2.75) is 39.2 Å². The van der Waals surface area contributed by atoms with Crippen LogP contribution in [0.15, 0.2) is 24.3 Å². The summed E-state index contributed by atoms with van der Waals surface area (Å²) in [6.45, 7) is 7.46. The molecule has 1 aromatic carbocycles. The van der Waals surface area contributed by atoms with E-state index in [2.05, 4.69) is 4.90 Å². The minimum absolute atomic E-state index is 0.254. The Balaban J connectivity index is 1.88. The lowest BCUT2D eigenvalue weighted by Gasteiger charge is -2.33. The maximum absolute atomic E-state index is 12.0. The fraction of sp³-hybridized carbons (Fsp3) is 0.611. The van der Waals surface area contributed by atoms with Gasteiger partial charge in [-0.05, 0) is 63.8 Å². The number of piperidine rings is 1. The van der Waals surface area contributed by atoms with E-state index in [1.807, 2.05) is 32.9 Å². The zero-order chi connectivity index (χ0) is 18.7. The van der Waals surface area contributed by atoms with E-state index in [1.54, 1.807) is 12.1 Å². The standard InChI is InChI=1S/C18H27NO5S/c1-18(2,3)24-17(20)15-5-7-16(8-6-15)19-11-9-14(10-12-19)13-23-25(4,21)22/h5-8,14H,9-13H2,1-4H3. The van der Waals surface area contributed by atoms with Crippen LogP contribution in [0.5, 0.6) is 0 Å². The monoisotopic (exact) mass is 369 g/mol. The van der Waals surface area contributed by atoms with Crippen LogP contribution in [-0.2, 0) is 19.0 Å². The molecule has 0 amide bonds. The molecule has 0 aromatic heterocycles. The van der Waals surface area contributed by atoms with Crippen molar-refractivity contribution in [3.63, 3.8) is 0 Å². The maximum atomic E-state index is 12.0. The highest BCUT2D eigenvalue weighted by molar-refractivity contribution is 7.85. The van der Waals surface area contributed by atoms with Crippen molar-refractivity contribution in [2.24, 2.45) is 5.92 Å². The topological polar surface area (TPSA) is 72.9 Å². The van der Waals surface area contributed by atoms with Crippen LogP contribution in [0.25, 0.3) is 0 Å². The van der Waals surface area contributed by atoms with Gasteiger partial charge in [-0.15, -0.1) is 0 Å². The smallest absolute Gasteiger partial charge is 0.338 e. The summed E-state index contributed by atoms with van der Waals surface area (Å²) in [4.78, 5) is 14.3. The van der Waals surface area contributed by atoms with Gasteiger partial charge in [0, 0.05) is 18.8 Å². The Morgan fingerprint density at radius 1 is 1.16 bits per heavy atom. The number of nitrogens with zero attached hydrogens (tertiary/aromatic N) is 1. The van der Waals surface area contributed by atoms with E-state index in [0.717, 1.165) is 37.9 Å². The number of anilines is 1. The predicted octanol–water partition coefficient (Wildman–Crippen LogP) is 2.83. The van der Waals surface area contributed by atoms with Crippen molar-refractivity contribution in [3.05, 3.63) is 29.8 Å². The van der Waals surface area contributed by atoms with Crippen LogP contribution in [-0.4, -0.2) is 45.9 Å². The lowest BCUT2D eigenvalue weighted by molar-refractivity contribution is 0.00695. The molecule has 6 nitrogen and oxygen atoms in total. The molecule has 1 aliphatic heterocycles. The molecule has 0 bridgehead atoms. The van der Waals surface area contributed by atoms with Crippen LogP contribution < -0.4 is 4.90 Å². The molecule has 1 saturated heterocycles. The van der Waals surface area contributed by atoms with Gasteiger partial charge in [0.05, 0.1) is 18.4 Å². The van der Waals surface area contributed by atoms with Gasteiger partial charge in [-0.3, -0.25) is 4.18 Å². The van der Waals surface area contributed by atoms with E-state index in [9.17, 15) is 13.2 Å². The zero-order valence-corrected chi connectivity index (χ0v) is 16.1. The average molecular weight is 369 g/mol. The SMILES string of the molecule is CC(C)(C)OC(=O)c1ccc(N2CCC(COS(C)(=O)=O)CC2)cc1. The molecule has 1 aromatic rings. The molecule has 0 spiro atoms. The van der Waals surface area contributed by atoms with Gasteiger partial charge in [0.2, 0.25) is 0 Å². The third-order valence-corrected chi connectivity index (χ3v) is 4.56. The van der Waals surface area contributed by atoms with Gasteiger partial charge >= 0.3 is 5.97 Å². The largest absolute Gasteiger partial charge is 0.456 e. The van der Waals surface area contributed by atoms with Gasteiger partial charge in [-0.1, -0.05) is 0 Å². The molecule has 2 rings (SSSR count). The Kier molecular flexibility index (Phi) is 6.11. The summed E-state index contributed by atoms with van der Waals surface area (Å²) in [6, 6.07) is 7.41. The maximum Gasteiger partial charge on any atom is 0.338 e. The normalized spacial score (nSPS) is 16.7. The van der Waals surface area contributed by atoms with Gasteiger partial charge < -0.3 is 9.64 Å². The first-order chi connectivity index (χ1) is 11.5.